The van der Waals surface area contributed by atoms with Gasteiger partial charge >= 0.3 is 0 Å². The summed E-state index contributed by atoms with van der Waals surface area (Å²) in [6.07, 6.45) is 0.291. The zero-order valence-corrected chi connectivity index (χ0v) is 11.8. The highest BCUT2D eigenvalue weighted by Gasteiger charge is 2.34. The van der Waals surface area contributed by atoms with Crippen LogP contribution in [-0.2, 0) is 14.6 Å². The largest absolute Gasteiger partial charge is 0.395 e. The zero-order chi connectivity index (χ0) is 14.9. The molecule has 0 spiro atoms. The van der Waals surface area contributed by atoms with Gasteiger partial charge in [0.25, 0.3) is 0 Å². The number of aliphatic hydroxyl groups is 1. The number of hydrogen-bond acceptors (Lipinski definition) is 5. The Kier molecular flexibility index (Phi) is 3.92. The molecule has 0 saturated carbocycles. The first-order valence-electron chi connectivity index (χ1n) is 6.22. The number of ketones is 1. The summed E-state index contributed by atoms with van der Waals surface area (Å²) >= 11 is 0. The van der Waals surface area contributed by atoms with Crippen molar-refractivity contribution in [2.75, 3.05) is 23.8 Å². The molecule has 108 valence electrons. The van der Waals surface area contributed by atoms with Gasteiger partial charge in [0.15, 0.2) is 15.6 Å². The highest BCUT2D eigenvalue weighted by atomic mass is 32.2. The molecule has 0 aliphatic carbocycles. The lowest BCUT2D eigenvalue weighted by molar-refractivity contribution is -0.116. The number of β-amino-alcohol motifs (C(OH)–C–C–N with tert-alkyl or cyclic N) is 1. The average molecular weight is 297 g/mol. The van der Waals surface area contributed by atoms with Gasteiger partial charge in [-0.3, -0.25) is 9.59 Å². The highest BCUT2D eigenvalue weighted by molar-refractivity contribution is 7.92. The highest BCUT2D eigenvalue weighted by Crippen LogP contribution is 2.32. The van der Waals surface area contributed by atoms with Crippen molar-refractivity contribution in [3.05, 3.63) is 23.8 Å². The van der Waals surface area contributed by atoms with Crippen molar-refractivity contribution in [1.82, 2.24) is 0 Å². The molecule has 7 heteroatoms. The van der Waals surface area contributed by atoms with E-state index < -0.39 is 21.5 Å². The molecule has 0 bridgehead atoms. The van der Waals surface area contributed by atoms with Gasteiger partial charge in [-0.05, 0) is 18.2 Å². The molecule has 1 aromatic carbocycles. The van der Waals surface area contributed by atoms with Gasteiger partial charge < -0.3 is 10.0 Å². The van der Waals surface area contributed by atoms with Crippen LogP contribution in [0.3, 0.4) is 0 Å². The van der Waals surface area contributed by atoms with Gasteiger partial charge in [-0.25, -0.2) is 8.42 Å². The number of sulfone groups is 1. The van der Waals surface area contributed by atoms with Gasteiger partial charge in [0.1, 0.15) is 5.75 Å². The van der Waals surface area contributed by atoms with E-state index in [4.69, 9.17) is 5.11 Å². The summed E-state index contributed by atoms with van der Waals surface area (Å²) in [5, 5.41) is 9.01. The fourth-order valence-corrected chi connectivity index (χ4v) is 3.57. The number of amides is 1. The predicted molar refractivity (Wildman–Crippen MR) is 72.6 cm³/mol. The SMILES string of the molecule is CCC(=O)c1ccc2c(c1)N(CCO)C(=O)CS2(=O)=O. The second kappa shape index (κ2) is 5.34. The van der Waals surface area contributed by atoms with E-state index in [9.17, 15) is 18.0 Å². The molecule has 20 heavy (non-hydrogen) atoms. The molecule has 2 rings (SSSR count). The Balaban J connectivity index is 2.62. The standard InChI is InChI=1S/C13H15NO5S/c1-2-11(16)9-3-4-12-10(7-9)14(5-6-15)13(17)8-20(12,18)19/h3-4,7,15H,2,5-6,8H2,1H3. The monoisotopic (exact) mass is 297 g/mol. The van der Waals surface area contributed by atoms with E-state index in [0.29, 0.717) is 12.0 Å². The molecule has 1 heterocycles. The Hall–Kier alpha value is -1.73. The van der Waals surface area contributed by atoms with Crippen molar-refractivity contribution in [1.29, 1.82) is 0 Å². The van der Waals surface area contributed by atoms with Crippen LogP contribution in [0.4, 0.5) is 5.69 Å². The first kappa shape index (κ1) is 14.7. The summed E-state index contributed by atoms with van der Waals surface area (Å²) in [6, 6.07) is 4.21. The average Bonchev–Trinajstić information content (AvgIpc) is 2.41. The van der Waals surface area contributed by atoms with Crippen LogP contribution in [0.5, 0.6) is 0 Å². The first-order chi connectivity index (χ1) is 9.40. The Bertz CT molecular complexity index is 665. The second-order valence-electron chi connectivity index (χ2n) is 4.49. The maximum absolute atomic E-state index is 12.0. The van der Waals surface area contributed by atoms with E-state index in [1.807, 2.05) is 0 Å². The zero-order valence-electron chi connectivity index (χ0n) is 11.0. The van der Waals surface area contributed by atoms with Crippen LogP contribution >= 0.6 is 0 Å². The van der Waals surface area contributed by atoms with E-state index in [2.05, 4.69) is 0 Å². The Morgan fingerprint density at radius 1 is 1.40 bits per heavy atom. The first-order valence-corrected chi connectivity index (χ1v) is 7.87. The number of aliphatic hydroxyl groups excluding tert-OH is 1. The van der Waals surface area contributed by atoms with Crippen LogP contribution in [0.15, 0.2) is 23.1 Å². The lowest BCUT2D eigenvalue weighted by Crippen LogP contribution is -2.42. The summed E-state index contributed by atoms with van der Waals surface area (Å²) in [5.74, 6) is -1.33. The second-order valence-corrected chi connectivity index (χ2v) is 6.45. The van der Waals surface area contributed by atoms with Crippen molar-refractivity contribution in [3.8, 4) is 0 Å². The number of rotatable bonds is 4. The molecule has 0 aromatic heterocycles. The van der Waals surface area contributed by atoms with E-state index >= 15 is 0 Å². The third-order valence-corrected chi connectivity index (χ3v) is 4.81. The third-order valence-electron chi connectivity index (χ3n) is 3.17. The molecule has 0 unspecified atom stereocenters. The fraction of sp³-hybridized carbons (Fsp3) is 0.385. The van der Waals surface area contributed by atoms with E-state index in [1.165, 1.54) is 23.1 Å². The van der Waals surface area contributed by atoms with Crippen LogP contribution in [0.1, 0.15) is 23.7 Å². The molecule has 1 aliphatic rings. The number of hydrogen-bond donors (Lipinski definition) is 1. The van der Waals surface area contributed by atoms with Crippen LogP contribution in [0, 0.1) is 0 Å². The number of fused-ring (bicyclic) bond motifs is 1. The Labute approximate surface area is 116 Å². The molecule has 1 amide bonds. The number of Topliss-reactive ketones (excluding diaryl/α,β-unsaturated/α-hetero) is 1. The lowest BCUT2D eigenvalue weighted by Gasteiger charge is -2.29. The van der Waals surface area contributed by atoms with Crippen LogP contribution in [-0.4, -0.2) is 44.1 Å². The molecule has 0 radical (unpaired) electrons. The summed E-state index contributed by atoms with van der Waals surface area (Å²) < 4.78 is 24.0. The van der Waals surface area contributed by atoms with Gasteiger partial charge in [0.05, 0.1) is 17.2 Å². The minimum atomic E-state index is -3.68. The molecular weight excluding hydrogens is 282 g/mol. The quantitative estimate of drug-likeness (QED) is 0.812. The molecule has 1 aromatic rings. The summed E-state index contributed by atoms with van der Waals surface area (Å²) in [5.41, 5.74) is 0.536. The summed E-state index contributed by atoms with van der Waals surface area (Å²) in [6.45, 7) is 1.43. The summed E-state index contributed by atoms with van der Waals surface area (Å²) in [7, 11) is -3.68. The normalized spacial score (nSPS) is 16.9. The Morgan fingerprint density at radius 2 is 2.10 bits per heavy atom. The third kappa shape index (κ3) is 2.46. The van der Waals surface area contributed by atoms with Crippen LogP contribution in [0.2, 0.25) is 0 Å². The maximum atomic E-state index is 12.0. The summed E-state index contributed by atoms with van der Waals surface area (Å²) in [4.78, 5) is 24.8. The van der Waals surface area contributed by atoms with E-state index in [1.54, 1.807) is 6.92 Å². The van der Waals surface area contributed by atoms with Gasteiger partial charge in [-0.2, -0.15) is 0 Å². The van der Waals surface area contributed by atoms with Gasteiger partial charge in [0, 0.05) is 18.5 Å². The topological polar surface area (TPSA) is 91.8 Å². The minimum Gasteiger partial charge on any atom is -0.395 e. The lowest BCUT2D eigenvalue weighted by atomic mass is 10.1. The van der Waals surface area contributed by atoms with Crippen LogP contribution < -0.4 is 4.90 Å². The number of carbonyl (C=O) groups is 2. The smallest absolute Gasteiger partial charge is 0.242 e. The molecule has 1 aliphatic heterocycles. The fourth-order valence-electron chi connectivity index (χ4n) is 2.17. The number of nitrogens with zero attached hydrogens (tertiary/aromatic N) is 1. The minimum absolute atomic E-state index is 0.00508. The molecule has 0 fully saturated rings. The van der Waals surface area contributed by atoms with Crippen molar-refractivity contribution < 1.29 is 23.1 Å². The molecular formula is C13H15NO5S. The molecule has 1 N–H and O–H groups in total. The van der Waals surface area contributed by atoms with Crippen LogP contribution in [0.25, 0.3) is 0 Å². The number of anilines is 1. The predicted octanol–water partition coefficient (Wildman–Crippen LogP) is 0.392. The van der Waals surface area contributed by atoms with E-state index in [-0.39, 0.29) is 29.5 Å². The van der Waals surface area contributed by atoms with Crippen molar-refractivity contribution >= 4 is 27.2 Å². The van der Waals surface area contributed by atoms with E-state index in [0.717, 1.165) is 0 Å². The number of carbonyl (C=O) groups excluding carboxylic acids is 2. The van der Waals surface area contributed by atoms with Crippen molar-refractivity contribution in [2.24, 2.45) is 0 Å². The maximum Gasteiger partial charge on any atom is 0.242 e. The van der Waals surface area contributed by atoms with Gasteiger partial charge in [-0.1, -0.05) is 6.92 Å². The van der Waals surface area contributed by atoms with Crippen molar-refractivity contribution in [2.45, 2.75) is 18.2 Å². The number of benzene rings is 1. The molecule has 0 atom stereocenters. The molecule has 6 nitrogen and oxygen atoms in total. The van der Waals surface area contributed by atoms with Gasteiger partial charge in [-0.15, -0.1) is 0 Å². The Morgan fingerprint density at radius 3 is 2.70 bits per heavy atom. The van der Waals surface area contributed by atoms with Crippen molar-refractivity contribution in [3.63, 3.8) is 0 Å². The molecule has 0 saturated heterocycles. The van der Waals surface area contributed by atoms with Gasteiger partial charge in [0.2, 0.25) is 5.91 Å².